The van der Waals surface area contributed by atoms with Crippen LogP contribution in [0.3, 0.4) is 0 Å². The molecular weight excluding hydrogens is 332 g/mol. The SMILES string of the molecule is Cc1cc(COc2ccc(Br)cc2CNCC(C)C)no1. The molecule has 5 heteroatoms. The molecule has 0 spiro atoms. The lowest BCUT2D eigenvalue weighted by molar-refractivity contribution is 0.284. The maximum Gasteiger partial charge on any atom is 0.134 e. The minimum absolute atomic E-state index is 0.413. The maximum atomic E-state index is 5.87. The van der Waals surface area contributed by atoms with Crippen molar-refractivity contribution in [2.45, 2.75) is 33.9 Å². The lowest BCUT2D eigenvalue weighted by Gasteiger charge is -2.13. The van der Waals surface area contributed by atoms with Crippen molar-refractivity contribution in [3.63, 3.8) is 0 Å². The zero-order chi connectivity index (χ0) is 15.2. The minimum atomic E-state index is 0.413. The van der Waals surface area contributed by atoms with Crippen LogP contribution in [0.15, 0.2) is 33.3 Å². The third kappa shape index (κ3) is 5.17. The number of aromatic nitrogens is 1. The Bertz CT molecular complexity index is 581. The van der Waals surface area contributed by atoms with Crippen molar-refractivity contribution in [3.05, 3.63) is 45.8 Å². The van der Waals surface area contributed by atoms with Gasteiger partial charge < -0.3 is 14.6 Å². The number of hydrogen-bond donors (Lipinski definition) is 1. The molecule has 2 aromatic rings. The van der Waals surface area contributed by atoms with Gasteiger partial charge in [-0.05, 0) is 37.6 Å². The van der Waals surface area contributed by atoms with Crippen molar-refractivity contribution in [1.29, 1.82) is 0 Å². The van der Waals surface area contributed by atoms with Crippen molar-refractivity contribution in [1.82, 2.24) is 10.5 Å². The third-order valence-electron chi connectivity index (χ3n) is 2.94. The Morgan fingerprint density at radius 3 is 2.81 bits per heavy atom. The van der Waals surface area contributed by atoms with Gasteiger partial charge in [0, 0.05) is 22.6 Å². The summed E-state index contributed by atoms with van der Waals surface area (Å²) in [6, 6.07) is 7.92. The van der Waals surface area contributed by atoms with Crippen LogP contribution in [0.5, 0.6) is 5.75 Å². The van der Waals surface area contributed by atoms with Crippen LogP contribution in [0.2, 0.25) is 0 Å². The van der Waals surface area contributed by atoms with Gasteiger partial charge in [0.2, 0.25) is 0 Å². The Kier molecular flexibility index (Phi) is 5.82. The normalized spacial score (nSPS) is 11.1. The Morgan fingerprint density at radius 1 is 1.33 bits per heavy atom. The summed E-state index contributed by atoms with van der Waals surface area (Å²) in [5, 5.41) is 7.37. The highest BCUT2D eigenvalue weighted by Gasteiger charge is 2.07. The van der Waals surface area contributed by atoms with E-state index in [0.717, 1.165) is 40.3 Å². The van der Waals surface area contributed by atoms with Crippen LogP contribution in [0, 0.1) is 12.8 Å². The van der Waals surface area contributed by atoms with E-state index in [1.165, 1.54) is 0 Å². The van der Waals surface area contributed by atoms with Crippen molar-refractivity contribution < 1.29 is 9.26 Å². The molecule has 0 atom stereocenters. The molecule has 114 valence electrons. The van der Waals surface area contributed by atoms with Crippen LogP contribution >= 0.6 is 15.9 Å². The molecule has 0 radical (unpaired) electrons. The fraction of sp³-hybridized carbons (Fsp3) is 0.438. The van der Waals surface area contributed by atoms with Crippen LogP contribution in [0.4, 0.5) is 0 Å². The number of nitrogens with one attached hydrogen (secondary N) is 1. The van der Waals surface area contributed by atoms with Crippen LogP contribution in [-0.2, 0) is 13.2 Å². The molecule has 0 aliphatic rings. The average Bonchev–Trinajstić information content (AvgIpc) is 2.83. The Morgan fingerprint density at radius 2 is 2.14 bits per heavy atom. The first-order valence-corrected chi connectivity index (χ1v) is 7.88. The number of halogens is 1. The first-order valence-electron chi connectivity index (χ1n) is 7.08. The van der Waals surface area contributed by atoms with Gasteiger partial charge in [0.1, 0.15) is 23.8 Å². The third-order valence-corrected chi connectivity index (χ3v) is 3.44. The van der Waals surface area contributed by atoms with E-state index < -0.39 is 0 Å². The lowest BCUT2D eigenvalue weighted by atomic mass is 10.2. The summed E-state index contributed by atoms with van der Waals surface area (Å²) in [4.78, 5) is 0. The van der Waals surface area contributed by atoms with Crippen LogP contribution in [0.25, 0.3) is 0 Å². The lowest BCUT2D eigenvalue weighted by Crippen LogP contribution is -2.19. The Hall–Kier alpha value is -1.33. The summed E-state index contributed by atoms with van der Waals surface area (Å²) >= 11 is 3.51. The highest BCUT2D eigenvalue weighted by atomic mass is 79.9. The smallest absolute Gasteiger partial charge is 0.134 e. The van der Waals surface area contributed by atoms with E-state index in [1.54, 1.807) is 0 Å². The van der Waals surface area contributed by atoms with Gasteiger partial charge in [-0.1, -0.05) is 34.9 Å². The molecule has 0 amide bonds. The molecular formula is C16H21BrN2O2. The number of benzene rings is 1. The summed E-state index contributed by atoms with van der Waals surface area (Å²) in [6.45, 7) is 8.43. The monoisotopic (exact) mass is 352 g/mol. The number of nitrogens with zero attached hydrogens (tertiary/aromatic N) is 1. The minimum Gasteiger partial charge on any atom is -0.487 e. The fourth-order valence-corrected chi connectivity index (χ4v) is 2.37. The summed E-state index contributed by atoms with van der Waals surface area (Å²) in [7, 11) is 0. The number of hydrogen-bond acceptors (Lipinski definition) is 4. The van der Waals surface area contributed by atoms with E-state index in [0.29, 0.717) is 12.5 Å². The van der Waals surface area contributed by atoms with Gasteiger partial charge in [-0.2, -0.15) is 0 Å². The predicted octanol–water partition coefficient (Wildman–Crippen LogP) is 4.07. The first kappa shape index (κ1) is 16.0. The largest absolute Gasteiger partial charge is 0.487 e. The number of ether oxygens (including phenoxy) is 1. The molecule has 0 unspecified atom stereocenters. The summed E-state index contributed by atoms with van der Waals surface area (Å²) in [6.07, 6.45) is 0. The predicted molar refractivity (Wildman–Crippen MR) is 86.3 cm³/mol. The Labute approximate surface area is 134 Å². The molecule has 1 aromatic heterocycles. The molecule has 0 bridgehead atoms. The van der Waals surface area contributed by atoms with Gasteiger partial charge >= 0.3 is 0 Å². The zero-order valence-corrected chi connectivity index (χ0v) is 14.2. The molecule has 0 saturated heterocycles. The maximum absolute atomic E-state index is 5.87. The fourth-order valence-electron chi connectivity index (χ4n) is 1.96. The van der Waals surface area contributed by atoms with E-state index in [1.807, 2.05) is 25.1 Å². The van der Waals surface area contributed by atoms with Crippen LogP contribution in [-0.4, -0.2) is 11.7 Å². The van der Waals surface area contributed by atoms with Gasteiger partial charge in [0.25, 0.3) is 0 Å². The highest BCUT2D eigenvalue weighted by molar-refractivity contribution is 9.10. The molecule has 2 rings (SSSR count). The standard InChI is InChI=1S/C16H21BrN2O2/c1-11(2)8-18-9-13-7-14(17)4-5-16(13)20-10-15-6-12(3)21-19-15/h4-7,11,18H,8-10H2,1-3H3. The van der Waals surface area contributed by atoms with E-state index in [2.05, 4.69) is 46.3 Å². The molecule has 1 aromatic carbocycles. The van der Waals surface area contributed by atoms with Gasteiger partial charge in [0.15, 0.2) is 0 Å². The summed E-state index contributed by atoms with van der Waals surface area (Å²) in [5.74, 6) is 2.29. The topological polar surface area (TPSA) is 47.3 Å². The average molecular weight is 353 g/mol. The molecule has 0 aliphatic carbocycles. The second kappa shape index (κ2) is 7.61. The zero-order valence-electron chi connectivity index (χ0n) is 12.6. The van der Waals surface area contributed by atoms with E-state index in [-0.39, 0.29) is 0 Å². The molecule has 0 aliphatic heterocycles. The summed E-state index contributed by atoms with van der Waals surface area (Å²) in [5.41, 5.74) is 1.93. The Balaban J connectivity index is 2.00. The van der Waals surface area contributed by atoms with Gasteiger partial charge in [-0.3, -0.25) is 0 Å². The van der Waals surface area contributed by atoms with Gasteiger partial charge in [-0.15, -0.1) is 0 Å². The first-order chi connectivity index (χ1) is 10.0. The quantitative estimate of drug-likeness (QED) is 0.815. The molecule has 0 saturated carbocycles. The van der Waals surface area contributed by atoms with Crippen LogP contribution < -0.4 is 10.1 Å². The summed E-state index contributed by atoms with van der Waals surface area (Å²) < 4.78 is 12.0. The number of aryl methyl sites for hydroxylation is 1. The highest BCUT2D eigenvalue weighted by Crippen LogP contribution is 2.24. The molecule has 21 heavy (non-hydrogen) atoms. The number of rotatable bonds is 7. The van der Waals surface area contributed by atoms with Crippen molar-refractivity contribution in [2.75, 3.05) is 6.54 Å². The van der Waals surface area contributed by atoms with E-state index >= 15 is 0 Å². The van der Waals surface area contributed by atoms with Crippen molar-refractivity contribution in [3.8, 4) is 5.75 Å². The second-order valence-corrected chi connectivity index (χ2v) is 6.41. The molecule has 4 nitrogen and oxygen atoms in total. The molecule has 1 heterocycles. The molecule has 1 N–H and O–H groups in total. The van der Waals surface area contributed by atoms with Crippen molar-refractivity contribution in [2.24, 2.45) is 5.92 Å². The van der Waals surface area contributed by atoms with Crippen LogP contribution in [0.1, 0.15) is 30.9 Å². The van der Waals surface area contributed by atoms with Crippen molar-refractivity contribution >= 4 is 15.9 Å². The molecule has 0 fully saturated rings. The van der Waals surface area contributed by atoms with Gasteiger partial charge in [-0.25, -0.2) is 0 Å². The van der Waals surface area contributed by atoms with E-state index in [4.69, 9.17) is 9.26 Å². The van der Waals surface area contributed by atoms with Gasteiger partial charge in [0.05, 0.1) is 0 Å². The second-order valence-electron chi connectivity index (χ2n) is 5.49. The van der Waals surface area contributed by atoms with E-state index in [9.17, 15) is 0 Å².